The van der Waals surface area contributed by atoms with E-state index in [2.05, 4.69) is 16.8 Å². The van der Waals surface area contributed by atoms with Crippen molar-refractivity contribution in [3.05, 3.63) is 29.6 Å². The summed E-state index contributed by atoms with van der Waals surface area (Å²) in [4.78, 5) is 3.59. The van der Waals surface area contributed by atoms with Gasteiger partial charge in [0.25, 0.3) is 0 Å². The molecule has 1 N–H and O–H groups in total. The summed E-state index contributed by atoms with van der Waals surface area (Å²) in [6.45, 7) is 0.0507. The second-order valence-electron chi connectivity index (χ2n) is 3.06. The van der Waals surface area contributed by atoms with E-state index >= 15 is 0 Å². The van der Waals surface area contributed by atoms with Crippen molar-refractivity contribution < 1.29 is 18.3 Å². The zero-order valence-electron chi connectivity index (χ0n) is 8.38. The smallest absolute Gasteiger partial charge is 0.396 e. The minimum absolute atomic E-state index is 0.0507. The van der Waals surface area contributed by atoms with Crippen LogP contribution in [0.5, 0.6) is 0 Å². The number of unbranched alkanes of at least 4 members (excludes halogenated alkanes) is 1. The minimum Gasteiger partial charge on any atom is -0.396 e. The number of pyridine rings is 1. The van der Waals surface area contributed by atoms with E-state index in [1.807, 2.05) is 0 Å². The van der Waals surface area contributed by atoms with Crippen molar-refractivity contribution in [1.29, 1.82) is 0 Å². The third-order valence-electron chi connectivity index (χ3n) is 1.77. The first-order valence-electron chi connectivity index (χ1n) is 4.67. The van der Waals surface area contributed by atoms with Gasteiger partial charge in [0.2, 0.25) is 0 Å². The third-order valence-corrected chi connectivity index (χ3v) is 1.77. The van der Waals surface area contributed by atoms with Crippen molar-refractivity contribution in [2.45, 2.75) is 19.0 Å². The van der Waals surface area contributed by atoms with Crippen molar-refractivity contribution >= 4 is 0 Å². The summed E-state index contributed by atoms with van der Waals surface area (Å²) >= 11 is 0. The van der Waals surface area contributed by atoms with Gasteiger partial charge in [0.15, 0.2) is 0 Å². The topological polar surface area (TPSA) is 33.1 Å². The van der Waals surface area contributed by atoms with Gasteiger partial charge in [-0.3, -0.25) is 0 Å². The summed E-state index contributed by atoms with van der Waals surface area (Å²) in [6, 6.07) is 2.18. The summed E-state index contributed by atoms with van der Waals surface area (Å²) in [7, 11) is 0. The molecule has 0 aliphatic carbocycles. The molecule has 0 unspecified atom stereocenters. The fourth-order valence-corrected chi connectivity index (χ4v) is 0.956. The molecule has 16 heavy (non-hydrogen) atoms. The highest BCUT2D eigenvalue weighted by Gasteiger charge is 2.30. The van der Waals surface area contributed by atoms with Gasteiger partial charge in [-0.25, -0.2) is 4.98 Å². The summed E-state index contributed by atoms with van der Waals surface area (Å²) in [5, 5.41) is 8.48. The highest BCUT2D eigenvalue weighted by Crippen LogP contribution is 2.28. The van der Waals surface area contributed by atoms with Gasteiger partial charge in [0.1, 0.15) is 5.69 Å². The van der Waals surface area contributed by atoms with E-state index in [-0.39, 0.29) is 6.61 Å². The number of nitrogens with zero attached hydrogens (tertiary/aromatic N) is 1. The van der Waals surface area contributed by atoms with E-state index in [1.165, 1.54) is 6.07 Å². The van der Waals surface area contributed by atoms with E-state index in [0.29, 0.717) is 18.5 Å². The molecule has 0 aliphatic heterocycles. The van der Waals surface area contributed by atoms with E-state index in [9.17, 15) is 13.2 Å². The molecule has 0 fully saturated rings. The maximum absolute atomic E-state index is 12.2. The number of hydrogen-bond acceptors (Lipinski definition) is 2. The summed E-state index contributed by atoms with van der Waals surface area (Å²) in [6.07, 6.45) is -2.56. The van der Waals surface area contributed by atoms with Crippen LogP contribution < -0.4 is 0 Å². The molecule has 0 aliphatic rings. The second kappa shape index (κ2) is 5.52. The lowest BCUT2D eigenvalue weighted by atomic mass is 10.2. The van der Waals surface area contributed by atoms with E-state index in [4.69, 9.17) is 5.11 Å². The molecule has 0 atom stereocenters. The van der Waals surface area contributed by atoms with Crippen molar-refractivity contribution in [2.75, 3.05) is 6.61 Å². The monoisotopic (exact) mass is 229 g/mol. The van der Waals surface area contributed by atoms with Crippen LogP contribution in [-0.4, -0.2) is 16.7 Å². The largest absolute Gasteiger partial charge is 0.417 e. The number of rotatable bonds is 2. The zero-order chi connectivity index (χ0) is 12.0. The number of aromatic nitrogens is 1. The van der Waals surface area contributed by atoms with Gasteiger partial charge in [-0.2, -0.15) is 13.2 Å². The molecule has 1 aromatic rings. The maximum atomic E-state index is 12.2. The Morgan fingerprint density at radius 2 is 2.06 bits per heavy atom. The average Bonchev–Trinajstić information content (AvgIpc) is 2.24. The fraction of sp³-hybridized carbons (Fsp3) is 0.364. The Kier molecular flexibility index (Phi) is 4.32. The molecule has 5 heteroatoms. The normalized spacial score (nSPS) is 10.8. The molecule has 0 spiro atoms. The van der Waals surface area contributed by atoms with Crippen LogP contribution in [0.1, 0.15) is 24.1 Å². The third kappa shape index (κ3) is 3.91. The van der Waals surface area contributed by atoms with Gasteiger partial charge in [-0.05, 0) is 24.5 Å². The van der Waals surface area contributed by atoms with Crippen LogP contribution in [0.2, 0.25) is 0 Å². The highest BCUT2D eigenvalue weighted by atomic mass is 19.4. The number of alkyl halides is 3. The van der Waals surface area contributed by atoms with E-state index in [0.717, 1.165) is 12.3 Å². The summed E-state index contributed by atoms with van der Waals surface area (Å²) < 4.78 is 36.5. The first-order valence-corrected chi connectivity index (χ1v) is 4.67. The lowest BCUT2D eigenvalue weighted by molar-refractivity contribution is -0.137. The molecular weight excluding hydrogens is 219 g/mol. The average molecular weight is 229 g/mol. The predicted octanol–water partition coefficient (Wildman–Crippen LogP) is 2.22. The van der Waals surface area contributed by atoms with Crippen molar-refractivity contribution in [1.82, 2.24) is 4.98 Å². The van der Waals surface area contributed by atoms with Gasteiger partial charge in [-0.1, -0.05) is 5.92 Å². The molecule has 1 aromatic heterocycles. The number of halogens is 3. The quantitative estimate of drug-likeness (QED) is 0.623. The lowest BCUT2D eigenvalue weighted by Gasteiger charge is -2.04. The molecule has 86 valence electrons. The molecular formula is C11H10F3NO. The van der Waals surface area contributed by atoms with Gasteiger partial charge in [-0.15, -0.1) is 0 Å². The first kappa shape index (κ1) is 12.5. The van der Waals surface area contributed by atoms with Crippen LogP contribution in [0, 0.1) is 11.8 Å². The Morgan fingerprint density at radius 1 is 1.31 bits per heavy atom. The van der Waals surface area contributed by atoms with E-state index in [1.54, 1.807) is 0 Å². The van der Waals surface area contributed by atoms with Gasteiger partial charge >= 0.3 is 6.18 Å². The van der Waals surface area contributed by atoms with Gasteiger partial charge in [0.05, 0.1) is 5.56 Å². The molecule has 0 saturated carbocycles. The van der Waals surface area contributed by atoms with Crippen molar-refractivity contribution in [3.8, 4) is 11.8 Å². The van der Waals surface area contributed by atoms with Gasteiger partial charge < -0.3 is 5.11 Å². The Hall–Kier alpha value is -1.54. The summed E-state index contributed by atoms with van der Waals surface area (Å²) in [5.74, 6) is 5.33. The number of hydrogen-bond donors (Lipinski definition) is 1. The van der Waals surface area contributed by atoms with Crippen LogP contribution in [0.3, 0.4) is 0 Å². The fourth-order valence-electron chi connectivity index (χ4n) is 0.956. The Labute approximate surface area is 91.1 Å². The molecule has 0 bridgehead atoms. The highest BCUT2D eigenvalue weighted by molar-refractivity contribution is 5.29. The Balaban J connectivity index is 2.67. The van der Waals surface area contributed by atoms with Crippen molar-refractivity contribution in [2.24, 2.45) is 0 Å². The molecule has 0 saturated heterocycles. The maximum Gasteiger partial charge on any atom is 0.417 e. The number of aliphatic hydroxyl groups excluding tert-OH is 1. The SMILES string of the molecule is OCCCC#Cc1ccc(C(F)(F)F)cn1. The zero-order valence-corrected chi connectivity index (χ0v) is 8.38. The Bertz CT molecular complexity index is 386. The predicted molar refractivity (Wildman–Crippen MR) is 52.4 cm³/mol. The lowest BCUT2D eigenvalue weighted by Crippen LogP contribution is -2.05. The Morgan fingerprint density at radius 3 is 2.56 bits per heavy atom. The second-order valence-corrected chi connectivity index (χ2v) is 3.06. The first-order chi connectivity index (χ1) is 7.54. The summed E-state index contributed by atoms with van der Waals surface area (Å²) in [5.41, 5.74) is -0.487. The van der Waals surface area contributed by atoms with Crippen LogP contribution >= 0.6 is 0 Å². The van der Waals surface area contributed by atoms with Crippen LogP contribution in [0.15, 0.2) is 18.3 Å². The molecule has 1 rings (SSSR count). The number of aliphatic hydroxyl groups is 1. The van der Waals surface area contributed by atoms with Gasteiger partial charge in [0, 0.05) is 19.2 Å². The van der Waals surface area contributed by atoms with Crippen LogP contribution in [0.4, 0.5) is 13.2 Å². The van der Waals surface area contributed by atoms with Crippen LogP contribution in [-0.2, 0) is 6.18 Å². The molecule has 1 heterocycles. The van der Waals surface area contributed by atoms with E-state index < -0.39 is 11.7 Å². The molecule has 2 nitrogen and oxygen atoms in total. The molecule has 0 amide bonds. The van der Waals surface area contributed by atoms with Crippen LogP contribution in [0.25, 0.3) is 0 Å². The standard InChI is InChI=1S/C11H10F3NO/c12-11(13,14)9-5-6-10(15-8-9)4-2-1-3-7-16/h5-6,8,16H,1,3,7H2. The minimum atomic E-state index is -4.37. The van der Waals surface area contributed by atoms with Crippen molar-refractivity contribution in [3.63, 3.8) is 0 Å². The molecule has 0 aromatic carbocycles. The molecule has 0 radical (unpaired) electrons.